The van der Waals surface area contributed by atoms with Gasteiger partial charge >= 0.3 is 0 Å². The molecule has 0 radical (unpaired) electrons. The third kappa shape index (κ3) is 9.64. The highest BCUT2D eigenvalue weighted by molar-refractivity contribution is 6.02. The Kier molecular flexibility index (Phi) is 13.2. The quantitative estimate of drug-likeness (QED) is 0.147. The van der Waals surface area contributed by atoms with E-state index in [0.29, 0.717) is 18.5 Å². The molecule has 0 saturated carbocycles. The molecular weight excluding hydrogens is 674 g/mol. The maximum atomic E-state index is 14.1. The van der Waals surface area contributed by atoms with Gasteiger partial charge < -0.3 is 32.7 Å². The SMILES string of the molecule is CC(C)(C)c1ccc(C(=O)NC(C)(C)C(C[NH3+])C(=O)NC(C)(C)C(C)(C)C(=O)NC(C)(C)C(C[NH3+])C(=O)NC(C)(C)C(C)(C)C(=O)N2CCC2=O)cc1. The average molecular weight is 744 g/mol. The Balaban J connectivity index is 2.20. The van der Waals surface area contributed by atoms with Gasteiger partial charge in [0.05, 0.1) is 35.0 Å². The van der Waals surface area contributed by atoms with Crippen molar-refractivity contribution in [3.8, 4) is 0 Å². The van der Waals surface area contributed by atoms with Crippen LogP contribution in [0.25, 0.3) is 0 Å². The van der Waals surface area contributed by atoms with Crippen LogP contribution in [0, 0.1) is 22.7 Å². The van der Waals surface area contributed by atoms with Gasteiger partial charge in [0.2, 0.25) is 29.5 Å². The lowest BCUT2D eigenvalue weighted by atomic mass is 9.71. The molecule has 0 aliphatic carbocycles. The minimum Gasteiger partial charge on any atom is -0.357 e. The Bertz CT molecular complexity index is 1570. The van der Waals surface area contributed by atoms with E-state index in [1.807, 2.05) is 12.1 Å². The summed E-state index contributed by atoms with van der Waals surface area (Å²) in [5.74, 6) is -3.59. The van der Waals surface area contributed by atoms with E-state index in [9.17, 15) is 28.8 Å². The van der Waals surface area contributed by atoms with Crippen molar-refractivity contribution in [2.45, 2.75) is 138 Å². The third-order valence-electron chi connectivity index (χ3n) is 12.0. The molecule has 53 heavy (non-hydrogen) atoms. The number of hydrogen-bond acceptors (Lipinski definition) is 6. The molecular formula is C40H69N7O6+2. The highest BCUT2D eigenvalue weighted by Gasteiger charge is 2.52. The van der Waals surface area contributed by atoms with Crippen LogP contribution in [0.5, 0.6) is 0 Å². The van der Waals surface area contributed by atoms with Crippen molar-refractivity contribution >= 4 is 35.4 Å². The van der Waals surface area contributed by atoms with Gasteiger partial charge in [0.1, 0.15) is 11.8 Å². The van der Waals surface area contributed by atoms with E-state index in [4.69, 9.17) is 0 Å². The summed E-state index contributed by atoms with van der Waals surface area (Å²) in [5.41, 5.74) is 3.02. The third-order valence-corrected chi connectivity index (χ3v) is 12.0. The zero-order valence-electron chi connectivity index (χ0n) is 35.1. The van der Waals surface area contributed by atoms with Gasteiger partial charge in [-0.05, 0) is 106 Å². The van der Waals surface area contributed by atoms with Gasteiger partial charge in [-0.25, -0.2) is 0 Å². The minimum absolute atomic E-state index is 0.0587. The van der Waals surface area contributed by atoms with Crippen LogP contribution in [0.4, 0.5) is 0 Å². The molecule has 2 atom stereocenters. The Morgan fingerprint density at radius 2 is 1.06 bits per heavy atom. The Morgan fingerprint density at radius 1 is 0.642 bits per heavy atom. The van der Waals surface area contributed by atoms with Gasteiger partial charge in [-0.1, -0.05) is 32.9 Å². The van der Waals surface area contributed by atoms with Crippen molar-refractivity contribution in [1.82, 2.24) is 26.2 Å². The molecule has 298 valence electrons. The molecule has 0 bridgehead atoms. The predicted molar refractivity (Wildman–Crippen MR) is 205 cm³/mol. The van der Waals surface area contributed by atoms with Crippen LogP contribution >= 0.6 is 0 Å². The molecule has 2 unspecified atom stereocenters. The highest BCUT2D eigenvalue weighted by Crippen LogP contribution is 2.36. The summed E-state index contributed by atoms with van der Waals surface area (Å²) in [6.07, 6.45) is 0.322. The summed E-state index contributed by atoms with van der Waals surface area (Å²) < 4.78 is 0. The number of benzene rings is 1. The summed E-state index contributed by atoms with van der Waals surface area (Å²) in [5, 5.41) is 12.1. The number of nitrogens with one attached hydrogen (secondary N) is 4. The van der Waals surface area contributed by atoms with E-state index >= 15 is 0 Å². The first kappa shape index (κ1) is 45.3. The van der Waals surface area contributed by atoms with Crippen LogP contribution in [-0.2, 0) is 29.4 Å². The lowest BCUT2D eigenvalue weighted by molar-refractivity contribution is -0.379. The maximum absolute atomic E-state index is 14.1. The molecule has 0 spiro atoms. The number of β-lactam (4-membered cyclic amide) rings is 1. The Hall–Kier alpha value is -3.84. The first-order valence-corrected chi connectivity index (χ1v) is 18.6. The second-order valence-electron chi connectivity index (χ2n) is 18.9. The number of carbonyl (C=O) groups is 6. The molecule has 13 nitrogen and oxygen atoms in total. The summed E-state index contributed by atoms with van der Waals surface area (Å²) >= 11 is 0. The average Bonchev–Trinajstić information content (AvgIpc) is 2.98. The van der Waals surface area contributed by atoms with E-state index < -0.39 is 56.6 Å². The number of imide groups is 1. The zero-order valence-corrected chi connectivity index (χ0v) is 35.1. The summed E-state index contributed by atoms with van der Waals surface area (Å²) in [7, 11) is 0. The molecule has 13 heteroatoms. The number of hydrogen-bond donors (Lipinski definition) is 6. The van der Waals surface area contributed by atoms with Crippen LogP contribution < -0.4 is 32.7 Å². The van der Waals surface area contributed by atoms with E-state index in [0.717, 1.165) is 5.56 Å². The smallest absolute Gasteiger partial charge is 0.251 e. The topological polar surface area (TPSA) is 209 Å². The molecule has 1 aromatic carbocycles. The van der Waals surface area contributed by atoms with Crippen LogP contribution in [-0.4, -0.2) is 82.1 Å². The van der Waals surface area contributed by atoms with E-state index in [2.05, 4.69) is 53.5 Å². The van der Waals surface area contributed by atoms with Crippen molar-refractivity contribution in [2.75, 3.05) is 19.6 Å². The van der Waals surface area contributed by atoms with Crippen molar-refractivity contribution in [3.63, 3.8) is 0 Å². The number of carbonyl (C=O) groups excluding carboxylic acids is 6. The molecule has 1 saturated heterocycles. The molecule has 1 aliphatic rings. The van der Waals surface area contributed by atoms with Gasteiger partial charge in [0, 0.05) is 29.6 Å². The second kappa shape index (κ2) is 15.5. The monoisotopic (exact) mass is 744 g/mol. The Labute approximate surface area is 316 Å². The number of quaternary nitrogens is 2. The Morgan fingerprint density at radius 3 is 1.42 bits per heavy atom. The fraction of sp³-hybridized carbons (Fsp3) is 0.700. The second-order valence-corrected chi connectivity index (χ2v) is 18.9. The number of likely N-dealkylation sites (tertiary alicyclic amines) is 1. The van der Waals surface area contributed by atoms with Crippen molar-refractivity contribution in [2.24, 2.45) is 22.7 Å². The summed E-state index contributed by atoms with van der Waals surface area (Å²) in [6, 6.07) is 7.42. The maximum Gasteiger partial charge on any atom is 0.251 e. The normalized spacial score (nSPS) is 15.9. The number of amides is 6. The van der Waals surface area contributed by atoms with Crippen LogP contribution in [0.15, 0.2) is 24.3 Å². The number of nitrogens with zero attached hydrogens (tertiary/aromatic N) is 1. The van der Waals surface area contributed by atoms with Crippen LogP contribution in [0.1, 0.15) is 126 Å². The molecule has 10 N–H and O–H groups in total. The summed E-state index contributed by atoms with van der Waals surface area (Å²) in [6.45, 7) is 27.9. The summed E-state index contributed by atoms with van der Waals surface area (Å²) in [4.78, 5) is 81.6. The lowest BCUT2D eigenvalue weighted by Crippen LogP contribution is -2.71. The van der Waals surface area contributed by atoms with Crippen molar-refractivity contribution < 1.29 is 40.2 Å². The van der Waals surface area contributed by atoms with Gasteiger partial charge in [-0.3, -0.25) is 33.7 Å². The van der Waals surface area contributed by atoms with Crippen LogP contribution in [0.2, 0.25) is 0 Å². The lowest BCUT2D eigenvalue weighted by Gasteiger charge is -2.46. The number of rotatable bonds is 15. The van der Waals surface area contributed by atoms with Crippen molar-refractivity contribution in [3.05, 3.63) is 35.4 Å². The molecule has 6 amide bonds. The van der Waals surface area contributed by atoms with Gasteiger partial charge in [0.15, 0.2) is 0 Å². The first-order valence-electron chi connectivity index (χ1n) is 18.6. The van der Waals surface area contributed by atoms with Gasteiger partial charge in [0.25, 0.3) is 5.91 Å². The van der Waals surface area contributed by atoms with Crippen molar-refractivity contribution in [1.29, 1.82) is 0 Å². The van der Waals surface area contributed by atoms with Gasteiger partial charge in [-0.15, -0.1) is 0 Å². The molecule has 0 aromatic heterocycles. The fourth-order valence-corrected chi connectivity index (χ4v) is 6.27. The molecule has 1 aliphatic heterocycles. The van der Waals surface area contributed by atoms with Crippen LogP contribution in [0.3, 0.4) is 0 Å². The molecule has 1 fully saturated rings. The molecule has 1 aromatic rings. The standard InChI is InChI=1S/C40H67N7O6/c1-34(2,3)25-18-16-24(17-19-25)29(49)43-37(8,9)26(22-41)30(50)44-39(12,13)35(4,5)32(52)46-38(10,11)27(23-42)31(51)45-40(14,15)36(6,7)33(53)47-21-20-28(47)48/h16-19,26-27H,20-23,41-42H2,1-15H3,(H,43,49)(H,44,50)(H,45,51)(H,46,52)/p+2. The van der Waals surface area contributed by atoms with E-state index in [1.165, 1.54) is 4.90 Å². The zero-order chi connectivity index (χ0) is 41.3. The molecule has 1 heterocycles. The predicted octanol–water partition coefficient (Wildman–Crippen LogP) is 1.70. The van der Waals surface area contributed by atoms with Gasteiger partial charge in [-0.2, -0.15) is 0 Å². The van der Waals surface area contributed by atoms with E-state index in [1.54, 1.807) is 95.2 Å². The first-order chi connectivity index (χ1) is 23.8. The fourth-order valence-electron chi connectivity index (χ4n) is 6.27. The molecule has 2 rings (SSSR count). The highest BCUT2D eigenvalue weighted by atomic mass is 16.2. The largest absolute Gasteiger partial charge is 0.357 e. The van der Waals surface area contributed by atoms with E-state index in [-0.39, 0.29) is 42.1 Å². The minimum atomic E-state index is -1.19.